The molecular weight excluding hydrogens is 318 g/mol. The van der Waals surface area contributed by atoms with Crippen LogP contribution in [-0.4, -0.2) is 32.5 Å². The molecule has 1 atom stereocenters. The van der Waals surface area contributed by atoms with Crippen LogP contribution in [0.25, 0.3) is 0 Å². The Labute approximate surface area is 127 Å². The SMILES string of the molecule is O=[N+]([O-])c1cc(S(=O)(=O)NCC[C@@H]2CCCN2)ccc1Cl. The zero-order chi connectivity index (χ0) is 15.5. The fraction of sp³-hybridized carbons (Fsp3) is 0.500. The van der Waals surface area contributed by atoms with E-state index in [1.165, 1.54) is 12.1 Å². The van der Waals surface area contributed by atoms with E-state index in [0.29, 0.717) is 12.5 Å². The minimum atomic E-state index is -3.77. The van der Waals surface area contributed by atoms with Crippen LogP contribution in [0.15, 0.2) is 23.1 Å². The van der Waals surface area contributed by atoms with Gasteiger partial charge in [-0.25, -0.2) is 13.1 Å². The van der Waals surface area contributed by atoms with Gasteiger partial charge in [-0.2, -0.15) is 0 Å². The number of nitrogens with one attached hydrogen (secondary N) is 2. The quantitative estimate of drug-likeness (QED) is 0.609. The van der Waals surface area contributed by atoms with Crippen molar-refractivity contribution in [3.05, 3.63) is 33.3 Å². The van der Waals surface area contributed by atoms with E-state index in [2.05, 4.69) is 10.0 Å². The Morgan fingerprint density at radius 1 is 1.48 bits per heavy atom. The van der Waals surface area contributed by atoms with Gasteiger partial charge in [-0.3, -0.25) is 10.1 Å². The summed E-state index contributed by atoms with van der Waals surface area (Å²) in [6, 6.07) is 3.77. The van der Waals surface area contributed by atoms with Crippen LogP contribution in [0.1, 0.15) is 19.3 Å². The molecule has 0 spiro atoms. The molecule has 1 saturated heterocycles. The van der Waals surface area contributed by atoms with Crippen molar-refractivity contribution in [3.63, 3.8) is 0 Å². The summed E-state index contributed by atoms with van der Waals surface area (Å²) in [7, 11) is -3.77. The molecule has 2 rings (SSSR count). The molecule has 1 fully saturated rings. The highest BCUT2D eigenvalue weighted by molar-refractivity contribution is 7.89. The molecule has 0 amide bonds. The lowest BCUT2D eigenvalue weighted by atomic mass is 10.2. The number of sulfonamides is 1. The van der Waals surface area contributed by atoms with Crippen molar-refractivity contribution in [1.29, 1.82) is 0 Å². The van der Waals surface area contributed by atoms with Crippen LogP contribution < -0.4 is 10.0 Å². The standard InChI is InChI=1S/C12H16ClN3O4S/c13-11-4-3-10(8-12(11)16(17)18)21(19,20)15-7-5-9-2-1-6-14-9/h3-4,8-9,14-15H,1-2,5-7H2/t9-/m0/s1. The molecule has 2 N–H and O–H groups in total. The Balaban J connectivity index is 2.04. The number of halogens is 1. The Hall–Kier alpha value is -1.22. The smallest absolute Gasteiger partial charge is 0.289 e. The molecule has 1 aromatic rings. The van der Waals surface area contributed by atoms with Crippen molar-refractivity contribution in [2.45, 2.75) is 30.2 Å². The maximum atomic E-state index is 12.1. The third kappa shape index (κ3) is 4.13. The average Bonchev–Trinajstić information content (AvgIpc) is 2.91. The van der Waals surface area contributed by atoms with Gasteiger partial charge in [-0.1, -0.05) is 11.6 Å². The van der Waals surface area contributed by atoms with Gasteiger partial charge in [0.15, 0.2) is 0 Å². The van der Waals surface area contributed by atoms with Crippen molar-refractivity contribution < 1.29 is 13.3 Å². The summed E-state index contributed by atoms with van der Waals surface area (Å²) >= 11 is 5.67. The number of rotatable bonds is 6. The Kier molecular flexibility index (Phi) is 5.15. The second-order valence-electron chi connectivity index (χ2n) is 4.85. The molecule has 0 saturated carbocycles. The molecule has 1 aliphatic rings. The maximum absolute atomic E-state index is 12.1. The Morgan fingerprint density at radius 2 is 2.24 bits per heavy atom. The molecule has 1 heterocycles. The first-order valence-electron chi connectivity index (χ1n) is 6.57. The third-order valence-corrected chi connectivity index (χ3v) is 5.15. The lowest BCUT2D eigenvalue weighted by Crippen LogP contribution is -2.30. The normalized spacial score (nSPS) is 18.8. The lowest BCUT2D eigenvalue weighted by molar-refractivity contribution is -0.384. The van der Waals surface area contributed by atoms with Crippen LogP contribution in [0.5, 0.6) is 0 Å². The first-order valence-corrected chi connectivity index (χ1v) is 8.43. The second kappa shape index (κ2) is 6.69. The van der Waals surface area contributed by atoms with Gasteiger partial charge in [0.25, 0.3) is 5.69 Å². The van der Waals surface area contributed by atoms with Crippen LogP contribution in [0.4, 0.5) is 5.69 Å². The number of hydrogen-bond acceptors (Lipinski definition) is 5. The predicted octanol–water partition coefficient (Wildman–Crippen LogP) is 1.67. The zero-order valence-corrected chi connectivity index (χ0v) is 12.8. The second-order valence-corrected chi connectivity index (χ2v) is 7.02. The molecule has 21 heavy (non-hydrogen) atoms. The molecule has 0 radical (unpaired) electrons. The highest BCUT2D eigenvalue weighted by atomic mass is 35.5. The van der Waals surface area contributed by atoms with Crippen molar-refractivity contribution >= 4 is 27.3 Å². The van der Waals surface area contributed by atoms with Crippen molar-refractivity contribution in [2.24, 2.45) is 0 Å². The van der Waals surface area contributed by atoms with Gasteiger partial charge in [0, 0.05) is 18.7 Å². The molecular formula is C12H16ClN3O4S. The van der Waals surface area contributed by atoms with E-state index >= 15 is 0 Å². The lowest BCUT2D eigenvalue weighted by Gasteiger charge is -2.11. The molecule has 1 aliphatic heterocycles. The van der Waals surface area contributed by atoms with Gasteiger partial charge in [0.2, 0.25) is 10.0 Å². The number of nitro benzene ring substituents is 1. The molecule has 0 bridgehead atoms. The van der Waals surface area contributed by atoms with Crippen LogP contribution in [0.3, 0.4) is 0 Å². The molecule has 7 nitrogen and oxygen atoms in total. The molecule has 0 aliphatic carbocycles. The maximum Gasteiger partial charge on any atom is 0.289 e. The topological polar surface area (TPSA) is 101 Å². The van der Waals surface area contributed by atoms with Gasteiger partial charge in [-0.05, 0) is 37.9 Å². The first-order chi connectivity index (χ1) is 9.90. The summed E-state index contributed by atoms with van der Waals surface area (Å²) in [6.45, 7) is 1.25. The van der Waals surface area contributed by atoms with Gasteiger partial charge in [0.05, 0.1) is 9.82 Å². The van der Waals surface area contributed by atoms with E-state index in [4.69, 9.17) is 11.6 Å². The molecule has 116 valence electrons. The van der Waals surface area contributed by atoms with Crippen LogP contribution in [-0.2, 0) is 10.0 Å². The van der Waals surface area contributed by atoms with Crippen LogP contribution >= 0.6 is 11.6 Å². The van der Waals surface area contributed by atoms with E-state index in [9.17, 15) is 18.5 Å². The van der Waals surface area contributed by atoms with E-state index in [1.807, 2.05) is 0 Å². The van der Waals surface area contributed by atoms with E-state index < -0.39 is 20.6 Å². The number of nitro groups is 1. The number of nitrogens with zero attached hydrogens (tertiary/aromatic N) is 1. The van der Waals surface area contributed by atoms with Crippen LogP contribution in [0.2, 0.25) is 5.02 Å². The van der Waals surface area contributed by atoms with E-state index in [1.54, 1.807) is 0 Å². The van der Waals surface area contributed by atoms with Crippen molar-refractivity contribution in [3.8, 4) is 0 Å². The van der Waals surface area contributed by atoms with Crippen LogP contribution in [0, 0.1) is 10.1 Å². The highest BCUT2D eigenvalue weighted by Gasteiger charge is 2.21. The minimum absolute atomic E-state index is 0.0888. The summed E-state index contributed by atoms with van der Waals surface area (Å²) in [6.07, 6.45) is 2.82. The summed E-state index contributed by atoms with van der Waals surface area (Å²) in [5.41, 5.74) is -0.419. The molecule has 0 aromatic heterocycles. The predicted molar refractivity (Wildman–Crippen MR) is 78.9 cm³/mol. The third-order valence-electron chi connectivity index (χ3n) is 3.37. The van der Waals surface area contributed by atoms with Crippen molar-refractivity contribution in [1.82, 2.24) is 10.0 Å². The largest absolute Gasteiger partial charge is 0.314 e. The van der Waals surface area contributed by atoms with Gasteiger partial charge >= 0.3 is 0 Å². The molecule has 9 heteroatoms. The van der Waals surface area contributed by atoms with E-state index in [-0.39, 0.29) is 16.5 Å². The van der Waals surface area contributed by atoms with E-state index in [0.717, 1.165) is 25.5 Å². The zero-order valence-electron chi connectivity index (χ0n) is 11.2. The monoisotopic (exact) mass is 333 g/mol. The van der Waals surface area contributed by atoms with Gasteiger partial charge < -0.3 is 5.32 Å². The highest BCUT2D eigenvalue weighted by Crippen LogP contribution is 2.26. The summed E-state index contributed by atoms with van der Waals surface area (Å²) in [5.74, 6) is 0. The summed E-state index contributed by atoms with van der Waals surface area (Å²) < 4.78 is 26.6. The first kappa shape index (κ1) is 16.2. The number of hydrogen-bond donors (Lipinski definition) is 2. The Morgan fingerprint density at radius 3 is 2.86 bits per heavy atom. The Bertz CT molecular complexity index is 629. The molecule has 1 aromatic carbocycles. The minimum Gasteiger partial charge on any atom is -0.314 e. The van der Waals surface area contributed by atoms with Gasteiger partial charge in [0.1, 0.15) is 5.02 Å². The summed E-state index contributed by atoms with van der Waals surface area (Å²) in [4.78, 5) is 9.93. The van der Waals surface area contributed by atoms with Gasteiger partial charge in [-0.15, -0.1) is 0 Å². The number of benzene rings is 1. The fourth-order valence-corrected chi connectivity index (χ4v) is 3.51. The summed E-state index contributed by atoms with van der Waals surface area (Å²) in [5, 5.41) is 14.0. The average molecular weight is 334 g/mol. The molecule has 0 unspecified atom stereocenters. The fourth-order valence-electron chi connectivity index (χ4n) is 2.25. The van der Waals surface area contributed by atoms with Crippen molar-refractivity contribution in [2.75, 3.05) is 13.1 Å².